The third-order valence-corrected chi connectivity index (χ3v) is 3.83. The molecule has 2 rings (SSSR count). The number of likely N-dealkylation sites (N-methyl/N-ethyl adjacent to an activating group) is 1. The lowest BCUT2D eigenvalue weighted by Gasteiger charge is -2.13. The van der Waals surface area contributed by atoms with Crippen molar-refractivity contribution in [3.63, 3.8) is 0 Å². The van der Waals surface area contributed by atoms with Crippen LogP contribution in [0.1, 0.15) is 17.3 Å². The summed E-state index contributed by atoms with van der Waals surface area (Å²) in [4.78, 5) is 4.36. The van der Waals surface area contributed by atoms with Gasteiger partial charge in [-0.1, -0.05) is 12.1 Å². The van der Waals surface area contributed by atoms with Gasteiger partial charge in [-0.3, -0.25) is 0 Å². The first kappa shape index (κ1) is 12.0. The molecule has 0 aliphatic heterocycles. The monoisotopic (exact) mass is 344 g/mol. The van der Waals surface area contributed by atoms with Crippen LogP contribution in [0.25, 0.3) is 0 Å². The van der Waals surface area contributed by atoms with Crippen molar-refractivity contribution in [1.29, 1.82) is 0 Å². The SMILES string of the molecule is CNC(Cc1ccc(I)cc1)c1cscn1. The zero-order valence-corrected chi connectivity index (χ0v) is 12.0. The molecule has 0 aliphatic carbocycles. The quantitative estimate of drug-likeness (QED) is 0.862. The van der Waals surface area contributed by atoms with Crippen LogP contribution < -0.4 is 5.32 Å². The minimum Gasteiger partial charge on any atom is -0.311 e. The molecule has 0 fully saturated rings. The van der Waals surface area contributed by atoms with Crippen LogP contribution in [0.15, 0.2) is 35.2 Å². The molecule has 1 heterocycles. The van der Waals surface area contributed by atoms with E-state index in [2.05, 4.69) is 62.5 Å². The summed E-state index contributed by atoms with van der Waals surface area (Å²) in [6, 6.07) is 8.95. The summed E-state index contributed by atoms with van der Waals surface area (Å²) in [6.07, 6.45) is 0.983. The Morgan fingerprint density at radius 2 is 2.12 bits per heavy atom. The molecule has 0 radical (unpaired) electrons. The Hall–Kier alpha value is -0.460. The Morgan fingerprint density at radius 1 is 1.38 bits per heavy atom. The van der Waals surface area contributed by atoms with E-state index in [1.165, 1.54) is 9.13 Å². The smallest absolute Gasteiger partial charge is 0.0795 e. The second-order valence-electron chi connectivity index (χ2n) is 3.59. The molecule has 0 aliphatic rings. The van der Waals surface area contributed by atoms with Crippen LogP contribution in [0.2, 0.25) is 0 Å². The lowest BCUT2D eigenvalue weighted by atomic mass is 10.0. The Bertz CT molecular complexity index is 425. The van der Waals surface area contributed by atoms with Gasteiger partial charge in [0.25, 0.3) is 0 Å². The van der Waals surface area contributed by atoms with E-state index in [0.29, 0.717) is 6.04 Å². The minimum absolute atomic E-state index is 0.311. The molecule has 4 heteroatoms. The fraction of sp³-hybridized carbons (Fsp3) is 0.250. The number of nitrogens with zero attached hydrogens (tertiary/aromatic N) is 1. The standard InChI is InChI=1S/C12H13IN2S/c1-14-11(12-7-16-8-15-12)6-9-2-4-10(13)5-3-9/h2-5,7-8,11,14H,6H2,1H3. The highest BCUT2D eigenvalue weighted by molar-refractivity contribution is 14.1. The highest BCUT2D eigenvalue weighted by Crippen LogP contribution is 2.18. The van der Waals surface area contributed by atoms with Crippen molar-refractivity contribution in [3.8, 4) is 0 Å². The van der Waals surface area contributed by atoms with E-state index in [-0.39, 0.29) is 0 Å². The van der Waals surface area contributed by atoms with Crippen molar-refractivity contribution in [2.75, 3.05) is 7.05 Å². The summed E-state index contributed by atoms with van der Waals surface area (Å²) in [6.45, 7) is 0. The summed E-state index contributed by atoms with van der Waals surface area (Å²) in [7, 11) is 1.98. The summed E-state index contributed by atoms with van der Waals surface area (Å²) < 4.78 is 1.27. The molecule has 84 valence electrons. The normalized spacial score (nSPS) is 12.6. The van der Waals surface area contributed by atoms with Gasteiger partial charge in [0.2, 0.25) is 0 Å². The van der Waals surface area contributed by atoms with Crippen molar-refractivity contribution in [2.45, 2.75) is 12.5 Å². The van der Waals surface area contributed by atoms with Crippen LogP contribution in [-0.2, 0) is 6.42 Å². The molecule has 1 N–H and O–H groups in total. The summed E-state index contributed by atoms with van der Waals surface area (Å²) in [5.74, 6) is 0. The first-order valence-corrected chi connectivity index (χ1v) is 7.11. The van der Waals surface area contributed by atoms with Crippen molar-refractivity contribution in [2.24, 2.45) is 0 Å². The average Bonchev–Trinajstić information content (AvgIpc) is 2.82. The van der Waals surface area contributed by atoms with Crippen molar-refractivity contribution in [1.82, 2.24) is 10.3 Å². The van der Waals surface area contributed by atoms with Crippen molar-refractivity contribution < 1.29 is 0 Å². The number of thiazole rings is 1. The molecule has 0 spiro atoms. The number of nitrogens with one attached hydrogen (secondary N) is 1. The van der Waals surface area contributed by atoms with Crippen LogP contribution >= 0.6 is 33.9 Å². The van der Waals surface area contributed by atoms with Gasteiger partial charge in [0.05, 0.1) is 17.2 Å². The van der Waals surface area contributed by atoms with E-state index in [9.17, 15) is 0 Å². The summed E-state index contributed by atoms with van der Waals surface area (Å²) in [5.41, 5.74) is 4.35. The largest absolute Gasteiger partial charge is 0.311 e. The Balaban J connectivity index is 2.10. The zero-order chi connectivity index (χ0) is 11.4. The zero-order valence-electron chi connectivity index (χ0n) is 8.98. The predicted octanol–water partition coefficient (Wildman–Crippen LogP) is 3.25. The number of benzene rings is 1. The van der Waals surface area contributed by atoms with Crippen LogP contribution in [0.3, 0.4) is 0 Å². The highest BCUT2D eigenvalue weighted by Gasteiger charge is 2.11. The molecule has 1 aromatic heterocycles. The van der Waals surface area contributed by atoms with E-state index < -0.39 is 0 Å². The number of hydrogen-bond acceptors (Lipinski definition) is 3. The second-order valence-corrected chi connectivity index (χ2v) is 5.55. The molecule has 1 atom stereocenters. The van der Waals surface area contributed by atoms with Gasteiger partial charge in [0, 0.05) is 8.95 Å². The van der Waals surface area contributed by atoms with Gasteiger partial charge < -0.3 is 5.32 Å². The van der Waals surface area contributed by atoms with E-state index >= 15 is 0 Å². The molecule has 0 bridgehead atoms. The van der Waals surface area contributed by atoms with E-state index in [0.717, 1.165) is 12.1 Å². The molecule has 0 saturated carbocycles. The molecule has 16 heavy (non-hydrogen) atoms. The number of hydrogen-bond donors (Lipinski definition) is 1. The first-order chi connectivity index (χ1) is 7.79. The molecular formula is C12H13IN2S. The molecular weight excluding hydrogens is 331 g/mol. The van der Waals surface area contributed by atoms with Crippen LogP contribution in [0.4, 0.5) is 0 Å². The maximum Gasteiger partial charge on any atom is 0.0795 e. The first-order valence-electron chi connectivity index (χ1n) is 5.09. The third-order valence-electron chi connectivity index (χ3n) is 2.51. The maximum atomic E-state index is 4.36. The number of aromatic nitrogens is 1. The highest BCUT2D eigenvalue weighted by atomic mass is 127. The second kappa shape index (κ2) is 5.75. The maximum absolute atomic E-state index is 4.36. The van der Waals surface area contributed by atoms with Gasteiger partial charge in [-0.15, -0.1) is 11.3 Å². The predicted molar refractivity (Wildman–Crippen MR) is 76.8 cm³/mol. The average molecular weight is 344 g/mol. The Kier molecular flexibility index (Phi) is 4.31. The van der Waals surface area contributed by atoms with Crippen molar-refractivity contribution >= 4 is 33.9 Å². The fourth-order valence-corrected chi connectivity index (χ4v) is 2.57. The lowest BCUT2D eigenvalue weighted by molar-refractivity contribution is 0.579. The van der Waals surface area contributed by atoms with Gasteiger partial charge in [-0.05, 0) is 53.8 Å². The van der Waals surface area contributed by atoms with Crippen LogP contribution in [0, 0.1) is 3.57 Å². The number of rotatable bonds is 4. The van der Waals surface area contributed by atoms with Crippen LogP contribution in [-0.4, -0.2) is 12.0 Å². The van der Waals surface area contributed by atoms with E-state index in [1.54, 1.807) is 11.3 Å². The van der Waals surface area contributed by atoms with Crippen molar-refractivity contribution in [3.05, 3.63) is 50.0 Å². The molecule has 1 aromatic carbocycles. The topological polar surface area (TPSA) is 24.9 Å². The molecule has 2 nitrogen and oxygen atoms in total. The van der Waals surface area contributed by atoms with Gasteiger partial charge in [-0.2, -0.15) is 0 Å². The summed E-state index contributed by atoms with van der Waals surface area (Å²) >= 11 is 3.97. The minimum atomic E-state index is 0.311. The number of halogens is 1. The summed E-state index contributed by atoms with van der Waals surface area (Å²) in [5, 5.41) is 5.41. The molecule has 1 unspecified atom stereocenters. The third kappa shape index (κ3) is 3.02. The lowest BCUT2D eigenvalue weighted by Crippen LogP contribution is -2.19. The van der Waals surface area contributed by atoms with E-state index in [1.807, 2.05) is 12.6 Å². The molecule has 2 aromatic rings. The Labute approximate surface area is 113 Å². The fourth-order valence-electron chi connectivity index (χ4n) is 1.60. The van der Waals surface area contributed by atoms with Gasteiger partial charge in [0.15, 0.2) is 0 Å². The molecule has 0 amide bonds. The van der Waals surface area contributed by atoms with E-state index in [4.69, 9.17) is 0 Å². The van der Waals surface area contributed by atoms with Gasteiger partial charge in [-0.25, -0.2) is 4.98 Å². The van der Waals surface area contributed by atoms with Gasteiger partial charge in [0.1, 0.15) is 0 Å². The van der Waals surface area contributed by atoms with Crippen LogP contribution in [0.5, 0.6) is 0 Å². The van der Waals surface area contributed by atoms with Gasteiger partial charge >= 0.3 is 0 Å². The Morgan fingerprint density at radius 3 is 2.69 bits per heavy atom. The molecule has 0 saturated heterocycles.